The van der Waals surface area contributed by atoms with Crippen molar-refractivity contribution in [3.63, 3.8) is 0 Å². The molecule has 0 unspecified atom stereocenters. The van der Waals surface area contributed by atoms with Crippen LogP contribution in [0.5, 0.6) is 0 Å². The summed E-state index contributed by atoms with van der Waals surface area (Å²) in [5, 5.41) is 3.26. The van der Waals surface area contributed by atoms with Gasteiger partial charge in [0, 0.05) is 0 Å². The van der Waals surface area contributed by atoms with E-state index in [0.29, 0.717) is 5.41 Å². The Morgan fingerprint density at radius 3 is 2.26 bits per heavy atom. The number of aryl methyl sites for hydroxylation is 3. The van der Waals surface area contributed by atoms with Crippen molar-refractivity contribution in [1.82, 2.24) is 5.32 Å². The lowest BCUT2D eigenvalue weighted by atomic mass is 9.83. The summed E-state index contributed by atoms with van der Waals surface area (Å²) in [6, 6.07) is 7.08. The average Bonchev–Trinajstić information content (AvgIpc) is 2.42. The van der Waals surface area contributed by atoms with E-state index >= 15 is 0 Å². The minimum Gasteiger partial charge on any atom is -0.320 e. The first-order valence-electron chi connectivity index (χ1n) is 7.77. The Morgan fingerprint density at radius 1 is 1.00 bits per heavy atom. The van der Waals surface area contributed by atoms with Crippen LogP contribution in [0.1, 0.15) is 57.2 Å². The molecule has 0 radical (unpaired) electrons. The van der Waals surface area contributed by atoms with Gasteiger partial charge in [-0.25, -0.2) is 0 Å². The molecule has 108 valence electrons. The van der Waals surface area contributed by atoms with Gasteiger partial charge in [-0.3, -0.25) is 0 Å². The molecule has 0 saturated carbocycles. The van der Waals surface area contributed by atoms with E-state index in [4.69, 9.17) is 0 Å². The monoisotopic (exact) mass is 261 g/mol. The summed E-state index contributed by atoms with van der Waals surface area (Å²) in [4.78, 5) is 0. The highest BCUT2D eigenvalue weighted by Gasteiger charge is 2.17. The van der Waals surface area contributed by atoms with E-state index in [1.165, 1.54) is 36.0 Å². The molecule has 0 atom stereocenters. The Bertz CT molecular complexity index is 379. The molecule has 19 heavy (non-hydrogen) atoms. The fourth-order valence-corrected chi connectivity index (χ4v) is 2.58. The molecule has 0 amide bonds. The highest BCUT2D eigenvalue weighted by Crippen LogP contribution is 2.27. The number of rotatable bonds is 8. The largest absolute Gasteiger partial charge is 0.320 e. The van der Waals surface area contributed by atoms with Gasteiger partial charge in [-0.2, -0.15) is 0 Å². The number of hydrogen-bond donors (Lipinski definition) is 1. The second-order valence-corrected chi connectivity index (χ2v) is 6.33. The van der Waals surface area contributed by atoms with Crippen molar-refractivity contribution < 1.29 is 0 Å². The highest BCUT2D eigenvalue weighted by atomic mass is 14.8. The lowest BCUT2D eigenvalue weighted by molar-refractivity contribution is 0.305. The van der Waals surface area contributed by atoms with Crippen molar-refractivity contribution in [3.8, 4) is 0 Å². The molecule has 1 aromatic rings. The smallest absolute Gasteiger partial charge is 0.00468 e. The zero-order chi connectivity index (χ0) is 14.3. The van der Waals surface area contributed by atoms with Crippen LogP contribution in [0.3, 0.4) is 0 Å². The zero-order valence-corrected chi connectivity index (χ0v) is 13.5. The fraction of sp³-hybridized carbons (Fsp3) is 0.667. The van der Waals surface area contributed by atoms with Gasteiger partial charge < -0.3 is 5.32 Å². The number of hydrogen-bond acceptors (Lipinski definition) is 1. The van der Waals surface area contributed by atoms with Crippen molar-refractivity contribution in [2.24, 2.45) is 5.41 Å². The molecule has 1 aromatic carbocycles. The minimum atomic E-state index is 0.429. The first kappa shape index (κ1) is 16.2. The third-order valence-electron chi connectivity index (χ3n) is 4.17. The van der Waals surface area contributed by atoms with Crippen LogP contribution in [0, 0.1) is 5.41 Å². The molecule has 1 rings (SSSR count). The van der Waals surface area contributed by atoms with Gasteiger partial charge in [0.25, 0.3) is 0 Å². The van der Waals surface area contributed by atoms with E-state index in [9.17, 15) is 0 Å². The quantitative estimate of drug-likeness (QED) is 0.732. The Morgan fingerprint density at radius 2 is 1.68 bits per heavy atom. The molecule has 0 saturated heterocycles. The molecule has 0 aliphatic rings. The van der Waals surface area contributed by atoms with E-state index in [0.717, 1.165) is 19.4 Å². The lowest BCUT2D eigenvalue weighted by Gasteiger charge is -2.24. The predicted molar refractivity (Wildman–Crippen MR) is 85.8 cm³/mol. The van der Waals surface area contributed by atoms with Crippen LogP contribution in [-0.2, 0) is 19.3 Å². The molecule has 0 spiro atoms. The highest BCUT2D eigenvalue weighted by molar-refractivity contribution is 5.32. The molecule has 1 heteroatoms. The SMILES string of the molecule is CCc1ccc(CCC(C)(C)CCNC)cc1CC. The summed E-state index contributed by atoms with van der Waals surface area (Å²) in [5.74, 6) is 0. The van der Waals surface area contributed by atoms with Crippen molar-refractivity contribution in [1.29, 1.82) is 0 Å². The van der Waals surface area contributed by atoms with Crippen LogP contribution in [0.25, 0.3) is 0 Å². The molecule has 1 nitrogen and oxygen atoms in total. The third-order valence-corrected chi connectivity index (χ3v) is 4.17. The van der Waals surface area contributed by atoms with Crippen molar-refractivity contribution in [2.45, 2.75) is 59.8 Å². The van der Waals surface area contributed by atoms with E-state index in [1.807, 2.05) is 7.05 Å². The summed E-state index contributed by atoms with van der Waals surface area (Å²) in [6.45, 7) is 10.4. The zero-order valence-electron chi connectivity index (χ0n) is 13.5. The van der Waals surface area contributed by atoms with Gasteiger partial charge >= 0.3 is 0 Å². The standard InChI is InChI=1S/C18H31N/c1-6-16-9-8-15(14-17(16)7-2)10-11-18(3,4)12-13-19-5/h8-9,14,19H,6-7,10-13H2,1-5H3. The van der Waals surface area contributed by atoms with Gasteiger partial charge in [0.15, 0.2) is 0 Å². The Labute approximate surface area is 119 Å². The Kier molecular flexibility index (Phi) is 6.57. The topological polar surface area (TPSA) is 12.0 Å². The minimum absolute atomic E-state index is 0.429. The average molecular weight is 261 g/mol. The number of benzene rings is 1. The maximum absolute atomic E-state index is 3.26. The molecular weight excluding hydrogens is 230 g/mol. The van der Waals surface area contributed by atoms with Gasteiger partial charge in [-0.1, -0.05) is 45.9 Å². The van der Waals surface area contributed by atoms with Crippen molar-refractivity contribution in [2.75, 3.05) is 13.6 Å². The molecule has 0 aliphatic heterocycles. The number of nitrogens with one attached hydrogen (secondary N) is 1. The van der Waals surface area contributed by atoms with Crippen molar-refractivity contribution >= 4 is 0 Å². The molecule has 0 aliphatic carbocycles. The van der Waals surface area contributed by atoms with Crippen molar-refractivity contribution in [3.05, 3.63) is 34.9 Å². The Balaban J connectivity index is 2.62. The van der Waals surface area contributed by atoms with Crippen LogP contribution in [0.4, 0.5) is 0 Å². The van der Waals surface area contributed by atoms with Crippen LogP contribution in [0.15, 0.2) is 18.2 Å². The Hall–Kier alpha value is -0.820. The third kappa shape index (κ3) is 5.36. The molecular formula is C18H31N. The van der Waals surface area contributed by atoms with Crippen LogP contribution in [0.2, 0.25) is 0 Å². The fourth-order valence-electron chi connectivity index (χ4n) is 2.58. The second kappa shape index (κ2) is 7.69. The molecule has 0 bridgehead atoms. The van der Waals surface area contributed by atoms with E-state index in [2.05, 4.69) is 51.2 Å². The maximum Gasteiger partial charge on any atom is -0.00468 e. The van der Waals surface area contributed by atoms with E-state index in [1.54, 1.807) is 0 Å². The first-order chi connectivity index (χ1) is 9.02. The predicted octanol–water partition coefficient (Wildman–Crippen LogP) is 4.38. The van der Waals surface area contributed by atoms with Gasteiger partial charge in [0.2, 0.25) is 0 Å². The molecule has 0 heterocycles. The van der Waals surface area contributed by atoms with Crippen LogP contribution < -0.4 is 5.32 Å². The van der Waals surface area contributed by atoms with Crippen LogP contribution in [-0.4, -0.2) is 13.6 Å². The van der Waals surface area contributed by atoms with Gasteiger partial charge in [0.05, 0.1) is 0 Å². The summed E-state index contributed by atoms with van der Waals surface area (Å²) < 4.78 is 0. The first-order valence-corrected chi connectivity index (χ1v) is 7.77. The summed E-state index contributed by atoms with van der Waals surface area (Å²) in [7, 11) is 2.03. The van der Waals surface area contributed by atoms with Gasteiger partial charge in [-0.15, -0.1) is 0 Å². The molecule has 0 fully saturated rings. The molecule has 1 N–H and O–H groups in total. The maximum atomic E-state index is 3.26. The van der Waals surface area contributed by atoms with Crippen LogP contribution >= 0.6 is 0 Å². The summed E-state index contributed by atoms with van der Waals surface area (Å²) in [6.07, 6.45) is 6.02. The normalized spacial score (nSPS) is 11.8. The van der Waals surface area contributed by atoms with E-state index < -0.39 is 0 Å². The van der Waals surface area contributed by atoms with Gasteiger partial charge in [-0.05, 0) is 67.8 Å². The summed E-state index contributed by atoms with van der Waals surface area (Å²) >= 11 is 0. The molecule has 0 aromatic heterocycles. The van der Waals surface area contributed by atoms with Gasteiger partial charge in [0.1, 0.15) is 0 Å². The second-order valence-electron chi connectivity index (χ2n) is 6.33. The summed E-state index contributed by atoms with van der Waals surface area (Å²) in [5.41, 5.74) is 4.99. The van der Waals surface area contributed by atoms with E-state index in [-0.39, 0.29) is 0 Å². The lowest BCUT2D eigenvalue weighted by Crippen LogP contribution is -2.20.